The summed E-state index contributed by atoms with van der Waals surface area (Å²) >= 11 is 0. The Hall–Kier alpha value is -0.570. The maximum atomic E-state index is 11.8. The van der Waals surface area contributed by atoms with Crippen molar-refractivity contribution in [3.63, 3.8) is 0 Å². The largest absolute Gasteiger partial charge is 0.351 e. The van der Waals surface area contributed by atoms with Gasteiger partial charge in [-0.2, -0.15) is 0 Å². The van der Waals surface area contributed by atoms with Gasteiger partial charge in [0.2, 0.25) is 5.91 Å². The van der Waals surface area contributed by atoms with Gasteiger partial charge in [-0.05, 0) is 52.1 Å². The molecule has 80 valence electrons. The summed E-state index contributed by atoms with van der Waals surface area (Å²) in [6, 6.07) is 0. The minimum absolute atomic E-state index is 0.0205. The summed E-state index contributed by atoms with van der Waals surface area (Å²) in [5.74, 6) is 1.16. The standard InChI is InChI=1S/C11H20N2O/c1-11(2)7-9(10(14)13-11)8-3-5-12-6-4-8/h8-9,12H,3-7H2,1-2H3,(H,13,14). The van der Waals surface area contributed by atoms with Crippen LogP contribution in [-0.4, -0.2) is 24.5 Å². The van der Waals surface area contributed by atoms with Crippen molar-refractivity contribution in [3.8, 4) is 0 Å². The quantitative estimate of drug-likeness (QED) is 0.654. The second-order valence-corrected chi connectivity index (χ2v) is 5.27. The van der Waals surface area contributed by atoms with E-state index in [9.17, 15) is 4.79 Å². The third kappa shape index (κ3) is 1.92. The Morgan fingerprint density at radius 1 is 1.29 bits per heavy atom. The fraction of sp³-hybridized carbons (Fsp3) is 0.909. The number of amides is 1. The van der Waals surface area contributed by atoms with Gasteiger partial charge in [0.25, 0.3) is 0 Å². The number of piperidine rings is 1. The first kappa shape index (κ1) is 9.97. The molecular weight excluding hydrogens is 176 g/mol. The van der Waals surface area contributed by atoms with Gasteiger partial charge in [0.1, 0.15) is 0 Å². The van der Waals surface area contributed by atoms with E-state index < -0.39 is 0 Å². The summed E-state index contributed by atoms with van der Waals surface area (Å²) in [4.78, 5) is 11.8. The third-order valence-corrected chi connectivity index (χ3v) is 3.48. The van der Waals surface area contributed by atoms with E-state index in [1.165, 1.54) is 0 Å². The molecule has 1 atom stereocenters. The molecule has 2 rings (SSSR count). The summed E-state index contributed by atoms with van der Waals surface area (Å²) in [5.41, 5.74) is 0.0205. The zero-order chi connectivity index (χ0) is 10.2. The van der Waals surface area contributed by atoms with E-state index in [-0.39, 0.29) is 17.4 Å². The highest BCUT2D eigenvalue weighted by atomic mass is 16.2. The highest BCUT2D eigenvalue weighted by Crippen LogP contribution is 2.34. The Kier molecular flexibility index (Phi) is 2.52. The van der Waals surface area contributed by atoms with Crippen LogP contribution in [0, 0.1) is 11.8 Å². The van der Waals surface area contributed by atoms with Crippen LogP contribution < -0.4 is 10.6 Å². The molecule has 2 aliphatic rings. The van der Waals surface area contributed by atoms with Gasteiger partial charge >= 0.3 is 0 Å². The number of nitrogens with one attached hydrogen (secondary N) is 2. The molecule has 0 aromatic carbocycles. The molecule has 0 bridgehead atoms. The Labute approximate surface area is 85.6 Å². The monoisotopic (exact) mass is 196 g/mol. The Balaban J connectivity index is 2.00. The lowest BCUT2D eigenvalue weighted by molar-refractivity contribution is -0.124. The molecule has 1 amide bonds. The van der Waals surface area contributed by atoms with Crippen LogP contribution >= 0.6 is 0 Å². The first-order chi connectivity index (χ1) is 6.58. The van der Waals surface area contributed by atoms with Crippen LogP contribution in [0.4, 0.5) is 0 Å². The van der Waals surface area contributed by atoms with Crippen molar-refractivity contribution in [2.75, 3.05) is 13.1 Å². The highest BCUT2D eigenvalue weighted by Gasteiger charge is 2.41. The minimum atomic E-state index is 0.0205. The lowest BCUT2D eigenvalue weighted by Gasteiger charge is -2.26. The first-order valence-corrected chi connectivity index (χ1v) is 5.61. The predicted molar refractivity (Wildman–Crippen MR) is 55.9 cm³/mol. The molecule has 0 saturated carbocycles. The second kappa shape index (κ2) is 3.54. The number of carbonyl (C=O) groups is 1. The Bertz CT molecular complexity index is 231. The summed E-state index contributed by atoms with van der Waals surface area (Å²) < 4.78 is 0. The van der Waals surface area contributed by atoms with Gasteiger partial charge in [0.05, 0.1) is 0 Å². The lowest BCUT2D eigenvalue weighted by atomic mass is 9.81. The van der Waals surface area contributed by atoms with E-state index in [1.54, 1.807) is 0 Å². The smallest absolute Gasteiger partial charge is 0.223 e. The molecule has 2 fully saturated rings. The fourth-order valence-corrected chi connectivity index (χ4v) is 2.75. The van der Waals surface area contributed by atoms with Gasteiger partial charge in [-0.3, -0.25) is 4.79 Å². The van der Waals surface area contributed by atoms with Gasteiger partial charge in [-0.15, -0.1) is 0 Å². The molecule has 2 saturated heterocycles. The Morgan fingerprint density at radius 3 is 2.43 bits per heavy atom. The van der Waals surface area contributed by atoms with Crippen molar-refractivity contribution < 1.29 is 4.79 Å². The maximum Gasteiger partial charge on any atom is 0.223 e. The van der Waals surface area contributed by atoms with E-state index in [0.717, 1.165) is 32.4 Å². The predicted octanol–water partition coefficient (Wildman–Crippen LogP) is 0.901. The number of rotatable bonds is 1. The number of carbonyl (C=O) groups excluding carboxylic acids is 1. The third-order valence-electron chi connectivity index (χ3n) is 3.48. The van der Waals surface area contributed by atoms with Gasteiger partial charge in [-0.1, -0.05) is 0 Å². The van der Waals surface area contributed by atoms with Gasteiger partial charge in [0.15, 0.2) is 0 Å². The molecule has 0 radical (unpaired) electrons. The molecule has 3 nitrogen and oxygen atoms in total. The Morgan fingerprint density at radius 2 is 1.93 bits per heavy atom. The fourth-order valence-electron chi connectivity index (χ4n) is 2.75. The van der Waals surface area contributed by atoms with Crippen molar-refractivity contribution in [3.05, 3.63) is 0 Å². The van der Waals surface area contributed by atoms with Crippen LogP contribution in [0.1, 0.15) is 33.1 Å². The molecule has 3 heteroatoms. The van der Waals surface area contributed by atoms with Crippen LogP contribution in [-0.2, 0) is 4.79 Å². The van der Waals surface area contributed by atoms with Crippen molar-refractivity contribution in [2.45, 2.75) is 38.6 Å². The molecule has 0 aromatic heterocycles. The van der Waals surface area contributed by atoms with E-state index in [0.29, 0.717) is 5.92 Å². The average Bonchev–Trinajstić information content (AvgIpc) is 2.41. The van der Waals surface area contributed by atoms with Crippen LogP contribution in [0.15, 0.2) is 0 Å². The van der Waals surface area contributed by atoms with Crippen molar-refractivity contribution in [2.24, 2.45) is 11.8 Å². The molecule has 0 spiro atoms. The van der Waals surface area contributed by atoms with Crippen LogP contribution in [0.3, 0.4) is 0 Å². The number of hydrogen-bond acceptors (Lipinski definition) is 2. The summed E-state index contributed by atoms with van der Waals surface area (Å²) in [6.07, 6.45) is 3.33. The second-order valence-electron chi connectivity index (χ2n) is 5.27. The van der Waals surface area contributed by atoms with Crippen molar-refractivity contribution >= 4 is 5.91 Å². The van der Waals surface area contributed by atoms with Crippen LogP contribution in [0.5, 0.6) is 0 Å². The molecule has 14 heavy (non-hydrogen) atoms. The normalized spacial score (nSPS) is 33.0. The summed E-state index contributed by atoms with van der Waals surface area (Å²) in [5, 5.41) is 6.42. The topological polar surface area (TPSA) is 41.1 Å². The van der Waals surface area contributed by atoms with E-state index >= 15 is 0 Å². The van der Waals surface area contributed by atoms with Gasteiger partial charge < -0.3 is 10.6 Å². The van der Waals surface area contributed by atoms with Gasteiger partial charge in [0, 0.05) is 11.5 Å². The van der Waals surface area contributed by atoms with Crippen molar-refractivity contribution in [1.82, 2.24) is 10.6 Å². The first-order valence-electron chi connectivity index (χ1n) is 5.61. The molecule has 2 aliphatic heterocycles. The van der Waals surface area contributed by atoms with E-state index in [4.69, 9.17) is 0 Å². The molecule has 0 aliphatic carbocycles. The molecule has 1 unspecified atom stereocenters. The minimum Gasteiger partial charge on any atom is -0.351 e. The van der Waals surface area contributed by atoms with Crippen LogP contribution in [0.2, 0.25) is 0 Å². The lowest BCUT2D eigenvalue weighted by Crippen LogP contribution is -2.36. The summed E-state index contributed by atoms with van der Waals surface area (Å²) in [7, 11) is 0. The van der Waals surface area contributed by atoms with E-state index in [1.807, 2.05) is 0 Å². The van der Waals surface area contributed by atoms with Crippen molar-refractivity contribution in [1.29, 1.82) is 0 Å². The van der Waals surface area contributed by atoms with Gasteiger partial charge in [-0.25, -0.2) is 0 Å². The van der Waals surface area contributed by atoms with E-state index in [2.05, 4.69) is 24.5 Å². The average molecular weight is 196 g/mol. The van der Waals surface area contributed by atoms with Crippen LogP contribution in [0.25, 0.3) is 0 Å². The maximum absolute atomic E-state index is 11.8. The molecule has 2 heterocycles. The molecular formula is C11H20N2O. The number of hydrogen-bond donors (Lipinski definition) is 2. The zero-order valence-electron chi connectivity index (χ0n) is 9.10. The molecule has 0 aromatic rings. The zero-order valence-corrected chi connectivity index (χ0v) is 9.10. The molecule has 2 N–H and O–H groups in total. The SMILES string of the molecule is CC1(C)CC(C2CCNCC2)C(=O)N1. The highest BCUT2D eigenvalue weighted by molar-refractivity contribution is 5.82. The summed E-state index contributed by atoms with van der Waals surface area (Å²) in [6.45, 7) is 6.39.